The van der Waals surface area contributed by atoms with Gasteiger partial charge in [0, 0.05) is 18.3 Å². The van der Waals surface area contributed by atoms with Crippen molar-refractivity contribution in [3.8, 4) is 5.75 Å². The first-order valence-corrected chi connectivity index (χ1v) is 8.87. The molecule has 1 aromatic heterocycles. The fourth-order valence-corrected chi connectivity index (χ4v) is 2.97. The summed E-state index contributed by atoms with van der Waals surface area (Å²) in [5.74, 6) is -1.82. The van der Waals surface area contributed by atoms with Gasteiger partial charge in [0.25, 0.3) is 12.3 Å². The van der Waals surface area contributed by atoms with Crippen LogP contribution in [0.5, 0.6) is 5.75 Å². The second kappa shape index (κ2) is 9.25. The van der Waals surface area contributed by atoms with Gasteiger partial charge in [-0.15, -0.1) is 0 Å². The van der Waals surface area contributed by atoms with Gasteiger partial charge in [0.05, 0.1) is 12.8 Å². The molecule has 1 aliphatic heterocycles. The molecule has 1 amide bonds. The monoisotopic (exact) mass is 444 g/mol. The SMILES string of the molecule is CN=C1COC[C@](c2cc(NC(=O)c3ccc(OC(F)F)cn3)ccc2F)(C(F)F)N1. The number of nitrogens with zero attached hydrogens (tertiary/aromatic N) is 2. The van der Waals surface area contributed by atoms with Crippen LogP contribution in [0.15, 0.2) is 41.5 Å². The van der Waals surface area contributed by atoms with Crippen molar-refractivity contribution >= 4 is 17.4 Å². The van der Waals surface area contributed by atoms with Crippen LogP contribution in [0, 0.1) is 5.82 Å². The van der Waals surface area contributed by atoms with Gasteiger partial charge >= 0.3 is 6.61 Å². The summed E-state index contributed by atoms with van der Waals surface area (Å²) in [7, 11) is 1.38. The molecule has 0 saturated carbocycles. The minimum absolute atomic E-state index is 0.0125. The van der Waals surface area contributed by atoms with Crippen LogP contribution in [0.4, 0.5) is 27.6 Å². The van der Waals surface area contributed by atoms with Gasteiger partial charge < -0.3 is 20.1 Å². The Kier molecular flexibility index (Phi) is 6.68. The number of rotatable bonds is 6. The number of benzene rings is 1. The Morgan fingerprint density at radius 1 is 1.29 bits per heavy atom. The van der Waals surface area contributed by atoms with Gasteiger partial charge in [0.1, 0.15) is 29.7 Å². The Morgan fingerprint density at radius 3 is 2.68 bits per heavy atom. The smallest absolute Gasteiger partial charge is 0.387 e. The molecule has 2 N–H and O–H groups in total. The maximum Gasteiger partial charge on any atom is 0.387 e. The number of aliphatic imine (C=N–C) groups is 1. The molecule has 0 unspecified atom stereocenters. The van der Waals surface area contributed by atoms with Crippen molar-refractivity contribution in [3.63, 3.8) is 0 Å². The van der Waals surface area contributed by atoms with Crippen LogP contribution < -0.4 is 15.4 Å². The van der Waals surface area contributed by atoms with Gasteiger partial charge in [-0.25, -0.2) is 18.2 Å². The summed E-state index contributed by atoms with van der Waals surface area (Å²) < 4.78 is 76.3. The van der Waals surface area contributed by atoms with Crippen LogP contribution in [0.1, 0.15) is 16.1 Å². The van der Waals surface area contributed by atoms with Crippen LogP contribution in [-0.2, 0) is 10.3 Å². The quantitative estimate of drug-likeness (QED) is 0.669. The third-order valence-electron chi connectivity index (χ3n) is 4.48. The third-order valence-corrected chi connectivity index (χ3v) is 4.48. The molecule has 1 aliphatic rings. The molecule has 2 aromatic rings. The molecule has 1 atom stereocenters. The molecule has 12 heteroatoms. The van der Waals surface area contributed by atoms with Gasteiger partial charge in [-0.05, 0) is 30.3 Å². The summed E-state index contributed by atoms with van der Waals surface area (Å²) in [5, 5.41) is 4.95. The minimum Gasteiger partial charge on any atom is -0.433 e. The van der Waals surface area contributed by atoms with Crippen molar-refractivity contribution in [1.82, 2.24) is 10.3 Å². The first-order chi connectivity index (χ1) is 14.7. The number of nitrogens with one attached hydrogen (secondary N) is 2. The predicted molar refractivity (Wildman–Crippen MR) is 100 cm³/mol. The Morgan fingerprint density at radius 2 is 2.06 bits per heavy atom. The number of carbonyl (C=O) groups is 1. The highest BCUT2D eigenvalue weighted by Gasteiger charge is 2.47. The largest absolute Gasteiger partial charge is 0.433 e. The number of ether oxygens (including phenoxy) is 2. The lowest BCUT2D eigenvalue weighted by atomic mass is 9.89. The maximum absolute atomic E-state index is 14.5. The Labute approximate surface area is 173 Å². The van der Waals surface area contributed by atoms with Crippen LogP contribution >= 0.6 is 0 Å². The topological polar surface area (TPSA) is 84.8 Å². The Hall–Kier alpha value is -3.28. The number of pyridine rings is 1. The zero-order valence-electron chi connectivity index (χ0n) is 16.0. The molecule has 1 saturated heterocycles. The molecule has 7 nitrogen and oxygen atoms in total. The number of hydrogen-bond acceptors (Lipinski definition) is 5. The Bertz CT molecular complexity index is 972. The van der Waals surface area contributed by atoms with E-state index in [2.05, 4.69) is 25.3 Å². The Balaban J connectivity index is 1.86. The predicted octanol–water partition coefficient (Wildman–Crippen LogP) is 3.18. The van der Waals surface area contributed by atoms with Crippen LogP contribution in [0.2, 0.25) is 0 Å². The van der Waals surface area contributed by atoms with Crippen molar-refractivity contribution in [2.75, 3.05) is 25.6 Å². The molecule has 0 bridgehead atoms. The first-order valence-electron chi connectivity index (χ1n) is 8.87. The van der Waals surface area contributed by atoms with Crippen LogP contribution in [0.25, 0.3) is 0 Å². The van der Waals surface area contributed by atoms with Gasteiger partial charge in [0.15, 0.2) is 5.54 Å². The molecule has 166 valence electrons. The van der Waals surface area contributed by atoms with Gasteiger partial charge in [-0.1, -0.05) is 0 Å². The summed E-state index contributed by atoms with van der Waals surface area (Å²) in [5.41, 5.74) is -2.77. The van der Waals surface area contributed by atoms with E-state index < -0.39 is 42.5 Å². The van der Waals surface area contributed by atoms with E-state index in [1.165, 1.54) is 13.1 Å². The lowest BCUT2D eigenvalue weighted by molar-refractivity contribution is -0.0500. The fourth-order valence-electron chi connectivity index (χ4n) is 2.97. The van der Waals surface area contributed by atoms with Crippen molar-refractivity contribution in [2.45, 2.75) is 18.6 Å². The zero-order valence-corrected chi connectivity index (χ0v) is 16.0. The van der Waals surface area contributed by atoms with Crippen molar-refractivity contribution in [1.29, 1.82) is 0 Å². The number of alkyl halides is 4. The second-order valence-electron chi connectivity index (χ2n) is 6.47. The van der Waals surface area contributed by atoms with E-state index in [1.54, 1.807) is 0 Å². The molecule has 2 heterocycles. The summed E-state index contributed by atoms with van der Waals surface area (Å²) in [6, 6.07) is 5.43. The summed E-state index contributed by atoms with van der Waals surface area (Å²) in [6.07, 6.45) is -2.13. The molecule has 0 radical (unpaired) electrons. The van der Waals surface area contributed by atoms with E-state index in [1.807, 2.05) is 0 Å². The molecule has 31 heavy (non-hydrogen) atoms. The second-order valence-corrected chi connectivity index (χ2v) is 6.47. The summed E-state index contributed by atoms with van der Waals surface area (Å²) in [6.45, 7) is -3.60. The maximum atomic E-state index is 14.5. The molecule has 1 aromatic carbocycles. The number of anilines is 1. The average molecular weight is 444 g/mol. The van der Waals surface area contributed by atoms with Crippen LogP contribution in [0.3, 0.4) is 0 Å². The molecule has 1 fully saturated rings. The van der Waals surface area contributed by atoms with E-state index in [0.29, 0.717) is 0 Å². The molecule has 0 spiro atoms. The molecular weight excluding hydrogens is 427 g/mol. The molecule has 3 rings (SSSR count). The summed E-state index contributed by atoms with van der Waals surface area (Å²) in [4.78, 5) is 19.9. The molecular formula is C19H17F5N4O3. The highest BCUT2D eigenvalue weighted by Crippen LogP contribution is 2.34. The van der Waals surface area contributed by atoms with E-state index in [4.69, 9.17) is 4.74 Å². The normalized spacial score (nSPS) is 20.1. The van der Waals surface area contributed by atoms with Gasteiger partial charge in [0.2, 0.25) is 0 Å². The van der Waals surface area contributed by atoms with Gasteiger partial charge in [-0.3, -0.25) is 9.79 Å². The lowest BCUT2D eigenvalue weighted by Gasteiger charge is -2.39. The summed E-state index contributed by atoms with van der Waals surface area (Å²) >= 11 is 0. The van der Waals surface area contributed by atoms with E-state index >= 15 is 0 Å². The van der Waals surface area contributed by atoms with Crippen molar-refractivity contribution in [3.05, 3.63) is 53.6 Å². The van der Waals surface area contributed by atoms with E-state index in [-0.39, 0.29) is 29.6 Å². The van der Waals surface area contributed by atoms with Gasteiger partial charge in [-0.2, -0.15) is 8.78 Å². The number of morpholine rings is 1. The fraction of sp³-hybridized carbons (Fsp3) is 0.316. The lowest BCUT2D eigenvalue weighted by Crippen LogP contribution is -2.59. The molecule has 0 aliphatic carbocycles. The highest BCUT2D eigenvalue weighted by atomic mass is 19.3. The van der Waals surface area contributed by atoms with E-state index in [9.17, 15) is 26.7 Å². The average Bonchev–Trinajstić information content (AvgIpc) is 2.75. The number of amidine groups is 1. The zero-order chi connectivity index (χ0) is 22.6. The number of hydrogen-bond donors (Lipinski definition) is 2. The minimum atomic E-state index is -3.06. The number of carbonyl (C=O) groups excluding carboxylic acids is 1. The third kappa shape index (κ3) is 4.90. The number of amides is 1. The standard InChI is InChI=1S/C19H17F5N4O3/c1-25-15-8-30-9-19(28-15,17(21)22)12-6-10(2-4-13(12)20)27-16(29)14-5-3-11(7-26-14)31-18(23)24/h2-7,17-18H,8-9H2,1H3,(H,25,28)(H,27,29)/t19-/m0/s1. The van der Waals surface area contributed by atoms with Crippen molar-refractivity contribution < 1.29 is 36.2 Å². The number of halogens is 5. The van der Waals surface area contributed by atoms with E-state index in [0.717, 1.165) is 30.5 Å². The first kappa shape index (κ1) is 22.4. The number of aromatic nitrogens is 1. The highest BCUT2D eigenvalue weighted by molar-refractivity contribution is 6.02. The van der Waals surface area contributed by atoms with Crippen molar-refractivity contribution in [2.24, 2.45) is 4.99 Å². The van der Waals surface area contributed by atoms with Crippen LogP contribution in [-0.4, -0.2) is 50.0 Å².